The van der Waals surface area contributed by atoms with Gasteiger partial charge < -0.3 is 10.1 Å². The molecule has 0 amide bonds. The molecule has 0 bridgehead atoms. The number of nitrogens with one attached hydrogen (secondary N) is 1. The van der Waals surface area contributed by atoms with Crippen LogP contribution in [0.5, 0.6) is 0 Å². The van der Waals surface area contributed by atoms with Crippen molar-refractivity contribution in [1.82, 2.24) is 4.31 Å². The summed E-state index contributed by atoms with van der Waals surface area (Å²) in [6, 6.07) is 5.37. The number of hydrogen-bond donors (Lipinski definition) is 1. The molecule has 104 valence electrons. The molecular weight excluding hydrogens is 266 g/mol. The average molecular weight is 283 g/mol. The number of rotatable bonds is 3. The summed E-state index contributed by atoms with van der Waals surface area (Å²) in [4.78, 5) is 4.36. The third-order valence-corrected chi connectivity index (χ3v) is 4.63. The Morgan fingerprint density at radius 3 is 2.68 bits per heavy atom. The van der Waals surface area contributed by atoms with E-state index in [4.69, 9.17) is 4.74 Å². The Hall–Kier alpha value is -1.60. The van der Waals surface area contributed by atoms with Gasteiger partial charge in [-0.1, -0.05) is 6.07 Å². The SMILES string of the molecule is Cc1ccc(S(=O)(=O)N(C)C)cc1NC1=NCCO1. The van der Waals surface area contributed by atoms with Gasteiger partial charge in [0.15, 0.2) is 0 Å². The summed E-state index contributed by atoms with van der Waals surface area (Å²) in [5, 5.41) is 3.01. The molecule has 0 unspecified atom stereocenters. The van der Waals surface area contributed by atoms with Crippen LogP contribution in [0.2, 0.25) is 0 Å². The van der Waals surface area contributed by atoms with Crippen molar-refractivity contribution in [2.24, 2.45) is 4.99 Å². The maximum atomic E-state index is 12.1. The normalized spacial score (nSPS) is 15.3. The number of ether oxygens (including phenoxy) is 1. The van der Waals surface area contributed by atoms with Crippen LogP contribution in [-0.4, -0.2) is 46.0 Å². The molecule has 1 aliphatic heterocycles. The van der Waals surface area contributed by atoms with Crippen molar-refractivity contribution in [2.75, 3.05) is 32.6 Å². The van der Waals surface area contributed by atoms with Gasteiger partial charge in [0.25, 0.3) is 6.02 Å². The van der Waals surface area contributed by atoms with Crippen molar-refractivity contribution >= 4 is 21.7 Å². The van der Waals surface area contributed by atoms with Gasteiger partial charge in [0.05, 0.1) is 11.4 Å². The standard InChI is InChI=1S/C12H17N3O3S/c1-9-4-5-10(19(16,17)15(2)3)8-11(9)14-12-13-6-7-18-12/h4-5,8H,6-7H2,1-3H3,(H,13,14). The highest BCUT2D eigenvalue weighted by molar-refractivity contribution is 7.89. The van der Waals surface area contributed by atoms with Gasteiger partial charge in [-0.25, -0.2) is 17.7 Å². The molecule has 7 heteroatoms. The summed E-state index contributed by atoms with van der Waals surface area (Å²) in [6.45, 7) is 3.07. The van der Waals surface area contributed by atoms with Gasteiger partial charge in [-0.05, 0) is 24.6 Å². The van der Waals surface area contributed by atoms with Crippen LogP contribution < -0.4 is 5.32 Å². The Morgan fingerprint density at radius 1 is 1.37 bits per heavy atom. The Labute approximate surface area is 113 Å². The molecule has 19 heavy (non-hydrogen) atoms. The van der Waals surface area contributed by atoms with Crippen LogP contribution in [0.4, 0.5) is 5.69 Å². The minimum absolute atomic E-state index is 0.240. The molecule has 0 aromatic heterocycles. The van der Waals surface area contributed by atoms with Gasteiger partial charge in [0.1, 0.15) is 6.61 Å². The molecule has 1 aromatic rings. The number of aliphatic imine (C=N–C) groups is 1. The zero-order valence-corrected chi connectivity index (χ0v) is 12.0. The van der Waals surface area contributed by atoms with Crippen LogP contribution >= 0.6 is 0 Å². The number of anilines is 1. The van der Waals surface area contributed by atoms with Crippen LogP contribution in [-0.2, 0) is 14.8 Å². The molecule has 0 saturated carbocycles. The van der Waals surface area contributed by atoms with Gasteiger partial charge in [-0.2, -0.15) is 0 Å². The largest absolute Gasteiger partial charge is 0.463 e. The van der Waals surface area contributed by atoms with Crippen LogP contribution in [0.15, 0.2) is 28.1 Å². The van der Waals surface area contributed by atoms with E-state index >= 15 is 0 Å². The van der Waals surface area contributed by atoms with Gasteiger partial charge in [-0.3, -0.25) is 0 Å². The third-order valence-electron chi connectivity index (χ3n) is 2.81. The van der Waals surface area contributed by atoms with E-state index in [0.29, 0.717) is 24.9 Å². The first-order valence-corrected chi connectivity index (χ1v) is 7.33. The molecule has 1 aromatic carbocycles. The molecule has 0 radical (unpaired) electrons. The van der Waals surface area contributed by atoms with E-state index in [2.05, 4.69) is 10.3 Å². The van der Waals surface area contributed by atoms with Gasteiger partial charge in [-0.15, -0.1) is 0 Å². The first kappa shape index (κ1) is 13.8. The molecule has 0 aliphatic carbocycles. The lowest BCUT2D eigenvalue weighted by atomic mass is 10.2. The highest BCUT2D eigenvalue weighted by Gasteiger charge is 2.19. The molecule has 0 saturated heterocycles. The molecule has 1 N–H and O–H groups in total. The highest BCUT2D eigenvalue weighted by Crippen LogP contribution is 2.22. The second-order valence-electron chi connectivity index (χ2n) is 4.42. The second kappa shape index (κ2) is 5.18. The summed E-state index contributed by atoms with van der Waals surface area (Å²) < 4.78 is 30.6. The lowest BCUT2D eigenvalue weighted by Crippen LogP contribution is -2.22. The molecule has 0 fully saturated rings. The van der Waals surface area contributed by atoms with Gasteiger partial charge >= 0.3 is 0 Å². The van der Waals surface area contributed by atoms with Crippen LogP contribution in [0.25, 0.3) is 0 Å². The van der Waals surface area contributed by atoms with E-state index in [1.54, 1.807) is 18.2 Å². The minimum atomic E-state index is -3.44. The fourth-order valence-corrected chi connectivity index (χ4v) is 2.56. The zero-order valence-electron chi connectivity index (χ0n) is 11.2. The number of aryl methyl sites for hydroxylation is 1. The van der Waals surface area contributed by atoms with Gasteiger partial charge in [0.2, 0.25) is 10.0 Å². The van der Waals surface area contributed by atoms with Gasteiger partial charge in [0, 0.05) is 19.8 Å². The van der Waals surface area contributed by atoms with Crippen molar-refractivity contribution in [3.05, 3.63) is 23.8 Å². The second-order valence-corrected chi connectivity index (χ2v) is 6.58. The Bertz CT molecular complexity index is 609. The zero-order chi connectivity index (χ0) is 14.0. The predicted molar refractivity (Wildman–Crippen MR) is 73.9 cm³/mol. The number of hydrogen-bond acceptors (Lipinski definition) is 5. The summed E-state index contributed by atoms with van der Waals surface area (Å²) in [7, 11) is -0.424. The van der Waals surface area contributed by atoms with E-state index in [0.717, 1.165) is 5.56 Å². The topological polar surface area (TPSA) is 71.0 Å². The average Bonchev–Trinajstić information content (AvgIpc) is 2.84. The van der Waals surface area contributed by atoms with Crippen molar-refractivity contribution in [3.8, 4) is 0 Å². The van der Waals surface area contributed by atoms with E-state index in [1.807, 2.05) is 6.92 Å². The summed E-state index contributed by atoms with van der Waals surface area (Å²) in [5.41, 5.74) is 1.61. The molecule has 6 nitrogen and oxygen atoms in total. The van der Waals surface area contributed by atoms with E-state index < -0.39 is 10.0 Å². The van der Waals surface area contributed by atoms with Crippen LogP contribution in [0.3, 0.4) is 0 Å². The first-order chi connectivity index (χ1) is 8.91. The summed E-state index contributed by atoms with van der Waals surface area (Å²) in [5.74, 6) is 0. The quantitative estimate of drug-likeness (QED) is 0.900. The Kier molecular flexibility index (Phi) is 3.77. The number of sulfonamides is 1. The lowest BCUT2D eigenvalue weighted by molar-refractivity contribution is 0.346. The Morgan fingerprint density at radius 2 is 2.11 bits per heavy atom. The Balaban J connectivity index is 2.34. The summed E-state index contributed by atoms with van der Waals surface area (Å²) >= 11 is 0. The van der Waals surface area contributed by atoms with Crippen molar-refractivity contribution < 1.29 is 13.2 Å². The van der Waals surface area contributed by atoms with Crippen molar-refractivity contribution in [3.63, 3.8) is 0 Å². The number of amidine groups is 1. The number of nitrogens with zero attached hydrogens (tertiary/aromatic N) is 2. The smallest absolute Gasteiger partial charge is 0.289 e. The molecule has 2 rings (SSSR count). The van der Waals surface area contributed by atoms with E-state index in [9.17, 15) is 8.42 Å². The monoisotopic (exact) mass is 283 g/mol. The lowest BCUT2D eigenvalue weighted by Gasteiger charge is -2.14. The van der Waals surface area contributed by atoms with Crippen LogP contribution in [0, 0.1) is 6.92 Å². The molecule has 0 spiro atoms. The fourth-order valence-electron chi connectivity index (χ4n) is 1.63. The number of benzene rings is 1. The maximum Gasteiger partial charge on any atom is 0.289 e. The summed E-state index contributed by atoms with van der Waals surface area (Å²) in [6.07, 6.45) is 0. The molecular formula is C12H17N3O3S. The molecule has 1 heterocycles. The van der Waals surface area contributed by atoms with Crippen molar-refractivity contribution in [2.45, 2.75) is 11.8 Å². The van der Waals surface area contributed by atoms with E-state index in [1.165, 1.54) is 18.4 Å². The molecule has 1 aliphatic rings. The van der Waals surface area contributed by atoms with Crippen LogP contribution in [0.1, 0.15) is 5.56 Å². The predicted octanol–water partition coefficient (Wildman–Crippen LogP) is 1.04. The minimum Gasteiger partial charge on any atom is -0.463 e. The molecule has 0 atom stereocenters. The fraction of sp³-hybridized carbons (Fsp3) is 0.417. The van der Waals surface area contributed by atoms with E-state index in [-0.39, 0.29) is 4.90 Å². The van der Waals surface area contributed by atoms with Crippen molar-refractivity contribution in [1.29, 1.82) is 0 Å². The highest BCUT2D eigenvalue weighted by atomic mass is 32.2. The maximum absolute atomic E-state index is 12.1. The third kappa shape index (κ3) is 2.87. The first-order valence-electron chi connectivity index (χ1n) is 5.89.